The van der Waals surface area contributed by atoms with Gasteiger partial charge in [0.25, 0.3) is 0 Å². The summed E-state index contributed by atoms with van der Waals surface area (Å²) < 4.78 is 55.1. The first-order valence-corrected chi connectivity index (χ1v) is 14.6. The molecule has 210 valence electrons. The monoisotopic (exact) mass is 538 g/mol. The van der Waals surface area contributed by atoms with Crippen molar-refractivity contribution in [1.29, 1.82) is 0 Å². The normalized spacial score (nSPS) is 17.4. The van der Waals surface area contributed by atoms with Crippen molar-refractivity contribution in [3.05, 3.63) is 77.6 Å². The lowest BCUT2D eigenvalue weighted by Gasteiger charge is -2.29. The molecular formula is C34H41F3O2. The molecule has 39 heavy (non-hydrogen) atoms. The third-order valence-electron chi connectivity index (χ3n) is 7.85. The van der Waals surface area contributed by atoms with Gasteiger partial charge in [-0.25, -0.2) is 8.78 Å². The Balaban J connectivity index is 1.29. The highest BCUT2D eigenvalue weighted by molar-refractivity contribution is 5.71. The molecule has 0 aliphatic carbocycles. The van der Waals surface area contributed by atoms with Crippen LogP contribution in [0.15, 0.2) is 54.6 Å². The topological polar surface area (TPSA) is 18.5 Å². The fourth-order valence-corrected chi connectivity index (χ4v) is 5.46. The van der Waals surface area contributed by atoms with E-state index in [9.17, 15) is 13.2 Å². The van der Waals surface area contributed by atoms with Crippen LogP contribution in [0.1, 0.15) is 77.2 Å². The number of unbranched alkanes of at least 4 members (excludes halogenated alkanes) is 4. The summed E-state index contributed by atoms with van der Waals surface area (Å²) in [4.78, 5) is 0. The summed E-state index contributed by atoms with van der Waals surface area (Å²) in [6.07, 6.45) is 11.8. The highest BCUT2D eigenvalue weighted by Crippen LogP contribution is 2.32. The molecule has 1 aliphatic heterocycles. The number of hydrogen-bond donors (Lipinski definition) is 0. The summed E-state index contributed by atoms with van der Waals surface area (Å²) in [7, 11) is 0. The molecule has 1 heterocycles. The minimum atomic E-state index is -0.993. The van der Waals surface area contributed by atoms with Gasteiger partial charge in [-0.1, -0.05) is 75.4 Å². The molecule has 3 aromatic rings. The Morgan fingerprint density at radius 3 is 2.21 bits per heavy atom. The number of ether oxygens (including phenoxy) is 2. The van der Waals surface area contributed by atoms with Gasteiger partial charge in [-0.15, -0.1) is 0 Å². The van der Waals surface area contributed by atoms with E-state index in [0.717, 1.165) is 30.6 Å². The molecule has 4 rings (SSSR count). The molecule has 0 bridgehead atoms. The summed E-state index contributed by atoms with van der Waals surface area (Å²) in [5, 5.41) is 0. The van der Waals surface area contributed by atoms with E-state index >= 15 is 0 Å². The molecule has 1 saturated heterocycles. The highest BCUT2D eigenvalue weighted by Gasteiger charge is 2.22. The van der Waals surface area contributed by atoms with Gasteiger partial charge >= 0.3 is 0 Å². The predicted octanol–water partition coefficient (Wildman–Crippen LogP) is 9.92. The highest BCUT2D eigenvalue weighted by atomic mass is 19.2. The molecule has 1 fully saturated rings. The molecule has 0 saturated carbocycles. The SMILES string of the molecule is CCCCCCCC1CCC(CCc2ccc(-c3ccc(-c4ccc(OCC)c(F)c4F)cc3)cc2F)OC1. The van der Waals surface area contributed by atoms with Crippen molar-refractivity contribution in [2.45, 2.75) is 84.2 Å². The van der Waals surface area contributed by atoms with Gasteiger partial charge in [0.2, 0.25) is 5.82 Å². The zero-order valence-electron chi connectivity index (χ0n) is 23.3. The number of benzene rings is 3. The quantitative estimate of drug-likeness (QED) is 0.202. The molecule has 0 N–H and O–H groups in total. The molecule has 5 heteroatoms. The van der Waals surface area contributed by atoms with Gasteiger partial charge in [-0.2, -0.15) is 4.39 Å². The molecule has 0 amide bonds. The molecular weight excluding hydrogens is 497 g/mol. The van der Waals surface area contributed by atoms with E-state index < -0.39 is 11.6 Å². The lowest BCUT2D eigenvalue weighted by atomic mass is 9.91. The fraction of sp³-hybridized carbons (Fsp3) is 0.471. The second kappa shape index (κ2) is 14.6. The van der Waals surface area contributed by atoms with Crippen LogP contribution >= 0.6 is 0 Å². The Hall–Kier alpha value is -2.79. The van der Waals surface area contributed by atoms with Gasteiger partial charge in [-0.05, 0) is 85.4 Å². The maximum absolute atomic E-state index is 15.0. The third-order valence-corrected chi connectivity index (χ3v) is 7.85. The van der Waals surface area contributed by atoms with Crippen LogP contribution in [0.2, 0.25) is 0 Å². The maximum atomic E-state index is 15.0. The third kappa shape index (κ3) is 7.88. The summed E-state index contributed by atoms with van der Waals surface area (Å²) in [6.45, 7) is 5.06. The molecule has 0 spiro atoms. The van der Waals surface area contributed by atoms with E-state index in [1.807, 2.05) is 12.1 Å². The van der Waals surface area contributed by atoms with Gasteiger partial charge in [-0.3, -0.25) is 0 Å². The number of rotatable bonds is 13. The maximum Gasteiger partial charge on any atom is 0.201 e. The van der Waals surface area contributed by atoms with E-state index in [1.54, 1.807) is 37.3 Å². The number of halogens is 3. The Bertz CT molecular complexity index is 1180. The standard InChI is InChI=1S/C34H41F3O2/c1-3-5-6-7-8-9-24-10-18-29(39-23-24)19-17-27-15-16-28(22-31(27)35)25-11-13-26(14-12-25)30-20-21-32(38-4-2)34(37)33(30)36/h11-16,20-22,24,29H,3-10,17-19,23H2,1-2H3. The van der Waals surface area contributed by atoms with Crippen LogP contribution in [0.3, 0.4) is 0 Å². The van der Waals surface area contributed by atoms with Crippen molar-refractivity contribution in [2.75, 3.05) is 13.2 Å². The van der Waals surface area contributed by atoms with Crippen LogP contribution in [0.25, 0.3) is 22.3 Å². The van der Waals surface area contributed by atoms with E-state index in [0.29, 0.717) is 23.5 Å². The summed E-state index contributed by atoms with van der Waals surface area (Å²) in [6, 6.07) is 15.3. The second-order valence-corrected chi connectivity index (χ2v) is 10.7. The zero-order valence-corrected chi connectivity index (χ0v) is 23.3. The second-order valence-electron chi connectivity index (χ2n) is 10.7. The van der Waals surface area contributed by atoms with Crippen LogP contribution in [-0.2, 0) is 11.2 Å². The lowest BCUT2D eigenvalue weighted by Crippen LogP contribution is -2.26. The molecule has 3 aromatic carbocycles. The lowest BCUT2D eigenvalue weighted by molar-refractivity contribution is -0.0220. The largest absolute Gasteiger partial charge is 0.491 e. The first-order chi connectivity index (χ1) is 19.0. The van der Waals surface area contributed by atoms with Crippen molar-refractivity contribution in [3.63, 3.8) is 0 Å². The molecule has 1 aliphatic rings. The summed E-state index contributed by atoms with van der Waals surface area (Å²) in [5.74, 6) is -1.58. The Morgan fingerprint density at radius 1 is 0.769 bits per heavy atom. The summed E-state index contributed by atoms with van der Waals surface area (Å²) in [5.41, 5.74) is 2.96. The first-order valence-electron chi connectivity index (χ1n) is 14.6. The average Bonchev–Trinajstić information content (AvgIpc) is 2.96. The van der Waals surface area contributed by atoms with Crippen molar-refractivity contribution in [3.8, 4) is 28.0 Å². The molecule has 0 radical (unpaired) electrons. The molecule has 2 atom stereocenters. The van der Waals surface area contributed by atoms with Crippen molar-refractivity contribution >= 4 is 0 Å². The van der Waals surface area contributed by atoms with Crippen LogP contribution in [0.4, 0.5) is 13.2 Å². The summed E-state index contributed by atoms with van der Waals surface area (Å²) >= 11 is 0. The van der Waals surface area contributed by atoms with Crippen molar-refractivity contribution < 1.29 is 22.6 Å². The number of hydrogen-bond acceptors (Lipinski definition) is 2. The Kier molecular flexibility index (Phi) is 10.9. The van der Waals surface area contributed by atoms with Gasteiger partial charge in [0.1, 0.15) is 5.82 Å². The van der Waals surface area contributed by atoms with Crippen LogP contribution in [0.5, 0.6) is 5.75 Å². The minimum absolute atomic E-state index is 0.0988. The van der Waals surface area contributed by atoms with E-state index in [-0.39, 0.29) is 29.8 Å². The smallest absolute Gasteiger partial charge is 0.201 e. The zero-order chi connectivity index (χ0) is 27.6. The molecule has 2 unspecified atom stereocenters. The first kappa shape index (κ1) is 29.2. The van der Waals surface area contributed by atoms with Crippen LogP contribution < -0.4 is 4.74 Å². The van der Waals surface area contributed by atoms with Gasteiger partial charge in [0, 0.05) is 12.2 Å². The fourth-order valence-electron chi connectivity index (χ4n) is 5.46. The Labute approximate surface area is 231 Å². The average molecular weight is 539 g/mol. The Morgan fingerprint density at radius 2 is 1.51 bits per heavy atom. The predicted molar refractivity (Wildman–Crippen MR) is 153 cm³/mol. The number of aryl methyl sites for hydroxylation is 1. The van der Waals surface area contributed by atoms with E-state index in [1.165, 1.54) is 57.1 Å². The van der Waals surface area contributed by atoms with Crippen molar-refractivity contribution in [1.82, 2.24) is 0 Å². The molecule has 2 nitrogen and oxygen atoms in total. The van der Waals surface area contributed by atoms with Crippen LogP contribution in [-0.4, -0.2) is 19.3 Å². The van der Waals surface area contributed by atoms with Gasteiger partial charge in [0.05, 0.1) is 12.7 Å². The van der Waals surface area contributed by atoms with E-state index in [4.69, 9.17) is 9.47 Å². The van der Waals surface area contributed by atoms with Gasteiger partial charge in [0.15, 0.2) is 11.6 Å². The van der Waals surface area contributed by atoms with E-state index in [2.05, 4.69) is 6.92 Å². The van der Waals surface area contributed by atoms with Crippen molar-refractivity contribution in [2.24, 2.45) is 5.92 Å². The molecule has 0 aromatic heterocycles. The van der Waals surface area contributed by atoms with Gasteiger partial charge < -0.3 is 9.47 Å². The minimum Gasteiger partial charge on any atom is -0.491 e. The van der Waals surface area contributed by atoms with Crippen LogP contribution in [0, 0.1) is 23.4 Å².